The molecule has 1 amide bonds. The van der Waals surface area contributed by atoms with Crippen molar-refractivity contribution in [1.29, 1.82) is 0 Å². The number of hydrogen-bond acceptors (Lipinski definition) is 5. The lowest BCUT2D eigenvalue weighted by Gasteiger charge is -2.29. The lowest BCUT2D eigenvalue weighted by molar-refractivity contribution is -0.138. The van der Waals surface area contributed by atoms with Crippen LogP contribution in [0.5, 0.6) is 0 Å². The summed E-state index contributed by atoms with van der Waals surface area (Å²) in [5, 5.41) is 3.65. The van der Waals surface area contributed by atoms with Crippen LogP contribution >= 0.6 is 35.0 Å². The molecule has 1 N–H and O–H groups in total. The number of nitrogens with one attached hydrogen (secondary N) is 1. The van der Waals surface area contributed by atoms with E-state index in [1.54, 1.807) is 18.3 Å². The van der Waals surface area contributed by atoms with E-state index in [4.69, 9.17) is 23.2 Å². The Morgan fingerprint density at radius 1 is 1.31 bits per heavy atom. The van der Waals surface area contributed by atoms with Gasteiger partial charge in [-0.15, -0.1) is 35.0 Å². The molecule has 0 radical (unpaired) electrons. The number of anilines is 2. The van der Waals surface area contributed by atoms with E-state index >= 15 is 0 Å². The van der Waals surface area contributed by atoms with E-state index in [2.05, 4.69) is 15.3 Å². The summed E-state index contributed by atoms with van der Waals surface area (Å²) in [6.45, 7) is 3.64. The summed E-state index contributed by atoms with van der Waals surface area (Å²) in [7, 11) is 0. The van der Waals surface area contributed by atoms with Gasteiger partial charge >= 0.3 is 6.18 Å². The van der Waals surface area contributed by atoms with Gasteiger partial charge < -0.3 is 10.2 Å². The average Bonchev–Trinajstić information content (AvgIpc) is 2.73. The first-order chi connectivity index (χ1) is 15.0. The van der Waals surface area contributed by atoms with Gasteiger partial charge in [-0.1, -0.05) is 6.92 Å². The molecule has 32 heavy (non-hydrogen) atoms. The molecule has 0 saturated carbocycles. The number of carbonyl (C=O) groups excluding carboxylic acids is 1. The van der Waals surface area contributed by atoms with E-state index in [0.29, 0.717) is 23.6 Å². The van der Waals surface area contributed by atoms with Crippen molar-refractivity contribution in [2.45, 2.75) is 42.2 Å². The van der Waals surface area contributed by atoms with Gasteiger partial charge in [-0.25, -0.2) is 9.97 Å². The molecule has 2 aromatic rings. The van der Waals surface area contributed by atoms with E-state index < -0.39 is 22.0 Å². The topological polar surface area (TPSA) is 58.1 Å². The number of amides is 1. The molecule has 0 saturated heterocycles. The Bertz CT molecular complexity index is 1000. The summed E-state index contributed by atoms with van der Waals surface area (Å²) in [5.41, 5.74) is -0.720. The fourth-order valence-electron chi connectivity index (χ4n) is 3.57. The molecule has 1 atom stereocenters. The second-order valence-electron chi connectivity index (χ2n) is 7.66. The molecular weight excluding hydrogens is 484 g/mol. The van der Waals surface area contributed by atoms with E-state index in [0.717, 1.165) is 6.20 Å². The normalized spacial score (nSPS) is 19.7. The molecule has 11 heteroatoms. The summed E-state index contributed by atoms with van der Waals surface area (Å²) in [6.07, 6.45) is 0.304. The van der Waals surface area contributed by atoms with Crippen LogP contribution in [0.1, 0.15) is 41.3 Å². The third-order valence-electron chi connectivity index (χ3n) is 5.60. The van der Waals surface area contributed by atoms with Crippen molar-refractivity contribution in [2.75, 3.05) is 29.6 Å². The molecule has 0 aliphatic carbocycles. The number of nitrogens with zero attached hydrogens (tertiary/aromatic N) is 3. The van der Waals surface area contributed by atoms with Crippen LogP contribution < -0.4 is 10.2 Å². The molecule has 5 nitrogen and oxygen atoms in total. The maximum atomic E-state index is 13.7. The van der Waals surface area contributed by atoms with Gasteiger partial charge in [-0.3, -0.25) is 4.79 Å². The summed E-state index contributed by atoms with van der Waals surface area (Å²) in [4.78, 5) is 23.3. The molecule has 3 heterocycles. The van der Waals surface area contributed by atoms with Gasteiger partial charge in [0.25, 0.3) is 5.91 Å². The molecule has 1 unspecified atom stereocenters. The molecule has 3 rings (SSSR count). The van der Waals surface area contributed by atoms with Crippen molar-refractivity contribution in [1.82, 2.24) is 9.97 Å². The molecule has 2 aromatic heterocycles. The summed E-state index contributed by atoms with van der Waals surface area (Å²) >= 11 is 14.5. The Morgan fingerprint density at radius 2 is 2.03 bits per heavy atom. The summed E-state index contributed by atoms with van der Waals surface area (Å²) in [5.74, 6) is -0.681. The Morgan fingerprint density at radius 3 is 2.69 bits per heavy atom. The van der Waals surface area contributed by atoms with Crippen LogP contribution in [-0.4, -0.2) is 39.6 Å². The van der Waals surface area contributed by atoms with Crippen LogP contribution in [-0.2, 0) is 6.18 Å². The molecule has 1 aliphatic heterocycles. The number of thioether (sulfide) groups is 1. The second-order valence-corrected chi connectivity index (χ2v) is 10.0. The molecule has 1 aliphatic rings. The van der Waals surface area contributed by atoms with E-state index in [1.165, 1.54) is 23.6 Å². The Labute approximate surface area is 199 Å². The van der Waals surface area contributed by atoms with Crippen LogP contribution in [0.3, 0.4) is 0 Å². The first-order valence-electron chi connectivity index (χ1n) is 9.96. The zero-order valence-corrected chi connectivity index (χ0v) is 20.1. The quantitative estimate of drug-likeness (QED) is 0.388. The first kappa shape index (κ1) is 24.9. The first-order valence-corrected chi connectivity index (χ1v) is 11.9. The van der Waals surface area contributed by atoms with Crippen LogP contribution in [0.2, 0.25) is 0 Å². The molecule has 0 aromatic carbocycles. The SMILES string of the molecule is CSc1cc(N2CCC(C)C(Cl)(Cl)CCNc3ncc(C(F)(F)F)c(C)c3C2=O)ccn1. The van der Waals surface area contributed by atoms with Gasteiger partial charge in [0.1, 0.15) is 10.2 Å². The van der Waals surface area contributed by atoms with E-state index in [-0.39, 0.29) is 36.0 Å². The lowest BCUT2D eigenvalue weighted by Crippen LogP contribution is -2.35. The Kier molecular flexibility index (Phi) is 7.51. The van der Waals surface area contributed by atoms with Gasteiger partial charge in [-0.05, 0) is 49.6 Å². The van der Waals surface area contributed by atoms with Crippen molar-refractivity contribution in [3.05, 3.63) is 41.2 Å². The van der Waals surface area contributed by atoms with Crippen molar-refractivity contribution in [3.8, 4) is 0 Å². The molecule has 0 fully saturated rings. The fourth-order valence-corrected chi connectivity index (χ4v) is 4.39. The lowest BCUT2D eigenvalue weighted by atomic mass is 9.99. The van der Waals surface area contributed by atoms with Crippen LogP contribution in [0.4, 0.5) is 24.7 Å². The fraction of sp³-hybridized carbons (Fsp3) is 0.476. The molecule has 0 bridgehead atoms. The minimum Gasteiger partial charge on any atom is -0.369 e. The third-order valence-corrected chi connectivity index (χ3v) is 7.36. The van der Waals surface area contributed by atoms with Crippen LogP contribution in [0.15, 0.2) is 29.6 Å². The van der Waals surface area contributed by atoms with Crippen molar-refractivity contribution >= 4 is 52.4 Å². The summed E-state index contributed by atoms with van der Waals surface area (Å²) < 4.78 is 39.7. The molecule has 0 spiro atoms. The third kappa shape index (κ3) is 5.26. The number of aromatic nitrogens is 2. The number of hydrogen-bond donors (Lipinski definition) is 1. The predicted molar refractivity (Wildman–Crippen MR) is 123 cm³/mol. The number of fused-ring (bicyclic) bond motifs is 1. The van der Waals surface area contributed by atoms with Crippen molar-refractivity contribution in [2.24, 2.45) is 5.92 Å². The highest BCUT2D eigenvalue weighted by Gasteiger charge is 2.38. The monoisotopic (exact) mass is 506 g/mol. The zero-order valence-electron chi connectivity index (χ0n) is 17.8. The van der Waals surface area contributed by atoms with Gasteiger partial charge in [0.05, 0.1) is 16.2 Å². The Balaban J connectivity index is 2.18. The van der Waals surface area contributed by atoms with Crippen molar-refractivity contribution in [3.63, 3.8) is 0 Å². The number of halogens is 5. The van der Waals surface area contributed by atoms with Gasteiger partial charge in [0.15, 0.2) is 0 Å². The van der Waals surface area contributed by atoms with E-state index in [9.17, 15) is 18.0 Å². The highest BCUT2D eigenvalue weighted by atomic mass is 35.5. The van der Waals surface area contributed by atoms with Gasteiger partial charge in [0.2, 0.25) is 0 Å². The van der Waals surface area contributed by atoms with Crippen molar-refractivity contribution < 1.29 is 18.0 Å². The van der Waals surface area contributed by atoms with Gasteiger partial charge in [-0.2, -0.15) is 13.2 Å². The molecular formula is C21H23Cl2F3N4OS. The highest BCUT2D eigenvalue weighted by molar-refractivity contribution is 7.98. The number of carbonyl (C=O) groups is 1. The largest absolute Gasteiger partial charge is 0.418 e. The number of rotatable bonds is 2. The minimum atomic E-state index is -4.64. The average molecular weight is 507 g/mol. The maximum absolute atomic E-state index is 13.7. The van der Waals surface area contributed by atoms with Gasteiger partial charge in [0, 0.05) is 31.2 Å². The number of pyridine rings is 2. The maximum Gasteiger partial charge on any atom is 0.418 e. The predicted octanol–water partition coefficient (Wildman–Crippen LogP) is 6.19. The Hall–Kier alpha value is -1.71. The second kappa shape index (κ2) is 9.65. The van der Waals surface area contributed by atoms with Crippen LogP contribution in [0.25, 0.3) is 0 Å². The van der Waals surface area contributed by atoms with Crippen LogP contribution in [0, 0.1) is 12.8 Å². The zero-order chi connectivity index (χ0) is 23.7. The smallest absolute Gasteiger partial charge is 0.369 e. The minimum absolute atomic E-state index is 0.0725. The van der Waals surface area contributed by atoms with E-state index in [1.807, 2.05) is 13.2 Å². The molecule has 174 valence electrons. The summed E-state index contributed by atoms with van der Waals surface area (Å²) in [6, 6.07) is 3.38. The highest BCUT2D eigenvalue weighted by Crippen LogP contribution is 2.39. The number of alkyl halides is 5. The standard InChI is InChI=1S/C21H23Cl2F3N4OS/c1-12-5-9-30(14-4-7-27-16(10-14)32-3)19(31)17-13(2)15(21(24,25)26)11-29-18(17)28-8-6-20(12,22)23/h4,7,10-12H,5-6,8-9H2,1-3H3,(H,28,29).